The van der Waals surface area contributed by atoms with Gasteiger partial charge in [0.25, 0.3) is 0 Å². The SMILES string of the molecule is COc1ccc(NCC2=C[I-]C=C3N=C(Nc4ccccc4F)C(CC=N)CC3=N2)cc1. The van der Waals surface area contributed by atoms with Gasteiger partial charge in [0.15, 0.2) is 0 Å². The average molecular weight is 544 g/mol. The Bertz CT molecular complexity index is 1110. The number of nitrogens with one attached hydrogen (secondary N) is 3. The number of anilines is 2. The minimum atomic E-state index is -0.351. The van der Waals surface area contributed by atoms with Gasteiger partial charge in [-0.3, -0.25) is 0 Å². The molecule has 2 heterocycles. The monoisotopic (exact) mass is 544 g/mol. The third-order valence-electron chi connectivity index (χ3n) is 5.10. The summed E-state index contributed by atoms with van der Waals surface area (Å²) in [6.45, 7) is 0.621. The molecule has 32 heavy (non-hydrogen) atoms. The average Bonchev–Trinajstić information content (AvgIpc) is 3.01. The quantitative estimate of drug-likeness (QED) is 0.369. The van der Waals surface area contributed by atoms with Crippen molar-refractivity contribution in [1.29, 1.82) is 5.41 Å². The van der Waals surface area contributed by atoms with E-state index in [-0.39, 0.29) is 32.9 Å². The van der Waals surface area contributed by atoms with Crippen molar-refractivity contribution in [2.75, 3.05) is 24.3 Å². The molecule has 2 aliphatic rings. The van der Waals surface area contributed by atoms with Crippen LogP contribution in [0.25, 0.3) is 0 Å². The van der Waals surface area contributed by atoms with Gasteiger partial charge in [-0.2, -0.15) is 0 Å². The van der Waals surface area contributed by atoms with E-state index in [1.165, 1.54) is 12.3 Å². The fourth-order valence-corrected chi connectivity index (χ4v) is 5.21. The summed E-state index contributed by atoms with van der Waals surface area (Å²) < 4.78 is 23.7. The van der Waals surface area contributed by atoms with Crippen LogP contribution in [0.3, 0.4) is 0 Å². The van der Waals surface area contributed by atoms with Crippen LogP contribution in [-0.4, -0.2) is 31.4 Å². The van der Waals surface area contributed by atoms with Gasteiger partial charge in [-0.25, -0.2) is 0 Å². The van der Waals surface area contributed by atoms with Crippen molar-refractivity contribution in [3.05, 3.63) is 73.9 Å². The molecule has 1 unspecified atom stereocenters. The second kappa shape index (κ2) is 10.5. The zero-order valence-electron chi connectivity index (χ0n) is 17.6. The van der Waals surface area contributed by atoms with Gasteiger partial charge in [-0.1, -0.05) is 0 Å². The summed E-state index contributed by atoms with van der Waals surface area (Å²) in [5.41, 5.74) is 4.17. The molecular weight excluding hydrogens is 520 g/mol. The second-order valence-corrected chi connectivity index (χ2v) is 9.27. The van der Waals surface area contributed by atoms with Gasteiger partial charge in [-0.15, -0.1) is 0 Å². The first-order valence-electron chi connectivity index (χ1n) is 10.2. The zero-order valence-corrected chi connectivity index (χ0v) is 19.8. The van der Waals surface area contributed by atoms with Crippen LogP contribution in [0.5, 0.6) is 5.75 Å². The Morgan fingerprint density at radius 1 is 1.16 bits per heavy atom. The number of methoxy groups -OCH3 is 1. The third kappa shape index (κ3) is 5.42. The van der Waals surface area contributed by atoms with E-state index in [1.807, 2.05) is 24.3 Å². The number of halogens is 2. The summed E-state index contributed by atoms with van der Waals surface area (Å²) in [6, 6.07) is 14.4. The molecule has 0 bridgehead atoms. The summed E-state index contributed by atoms with van der Waals surface area (Å²) in [6.07, 6.45) is 2.56. The summed E-state index contributed by atoms with van der Waals surface area (Å²) in [7, 11) is 1.65. The first-order chi connectivity index (χ1) is 15.7. The van der Waals surface area contributed by atoms with Crippen LogP contribution in [-0.2, 0) is 0 Å². The van der Waals surface area contributed by atoms with Crippen molar-refractivity contribution in [3.63, 3.8) is 0 Å². The number of aliphatic imine (C=N–C) groups is 2. The number of ether oxygens (including phenoxy) is 1. The van der Waals surface area contributed by atoms with Crippen LogP contribution < -0.4 is 36.6 Å². The molecular formula is C24H24FIN5O-. The molecule has 3 N–H and O–H groups in total. The van der Waals surface area contributed by atoms with E-state index in [0.717, 1.165) is 28.5 Å². The Balaban J connectivity index is 1.51. The van der Waals surface area contributed by atoms with Crippen LogP contribution in [0.2, 0.25) is 0 Å². The Kier molecular flexibility index (Phi) is 7.31. The van der Waals surface area contributed by atoms with Gasteiger partial charge in [0.2, 0.25) is 0 Å². The number of benzene rings is 2. The summed E-state index contributed by atoms with van der Waals surface area (Å²) in [5, 5.41) is 14.2. The molecule has 1 atom stereocenters. The van der Waals surface area contributed by atoms with E-state index >= 15 is 0 Å². The maximum absolute atomic E-state index is 14.2. The first-order valence-corrected chi connectivity index (χ1v) is 12.7. The van der Waals surface area contributed by atoms with Crippen molar-refractivity contribution in [1.82, 2.24) is 0 Å². The van der Waals surface area contributed by atoms with Gasteiger partial charge in [0.05, 0.1) is 0 Å². The molecule has 0 saturated heterocycles. The van der Waals surface area contributed by atoms with E-state index in [2.05, 4.69) is 18.8 Å². The normalized spacial score (nSPS) is 17.9. The molecule has 0 saturated carbocycles. The maximum atomic E-state index is 14.2. The topological polar surface area (TPSA) is 81.9 Å². The molecule has 0 spiro atoms. The Morgan fingerprint density at radius 3 is 2.72 bits per heavy atom. The predicted octanol–water partition coefficient (Wildman–Crippen LogP) is 2.04. The number of hydrogen-bond donors (Lipinski definition) is 3. The van der Waals surface area contributed by atoms with E-state index in [1.54, 1.807) is 25.3 Å². The summed E-state index contributed by atoms with van der Waals surface area (Å²) >= 11 is -0.351. The van der Waals surface area contributed by atoms with Gasteiger partial charge in [0, 0.05) is 0 Å². The number of amidine groups is 1. The molecule has 0 aromatic heterocycles. The molecule has 166 valence electrons. The number of para-hydroxylation sites is 1. The number of fused-ring (bicyclic) bond motifs is 1. The Labute approximate surface area is 197 Å². The molecule has 2 aliphatic heterocycles. The van der Waals surface area contributed by atoms with E-state index in [4.69, 9.17) is 20.1 Å². The van der Waals surface area contributed by atoms with Crippen molar-refractivity contribution >= 4 is 29.1 Å². The molecule has 6 nitrogen and oxygen atoms in total. The van der Waals surface area contributed by atoms with Crippen LogP contribution in [0.4, 0.5) is 15.8 Å². The minimum absolute atomic E-state index is 0.0462. The van der Waals surface area contributed by atoms with Gasteiger partial charge in [0.1, 0.15) is 0 Å². The zero-order chi connectivity index (χ0) is 22.3. The molecule has 0 fully saturated rings. The molecule has 2 aromatic carbocycles. The molecule has 4 rings (SSSR count). The van der Waals surface area contributed by atoms with Gasteiger partial charge < -0.3 is 0 Å². The van der Waals surface area contributed by atoms with Crippen LogP contribution in [0.15, 0.2) is 78.1 Å². The summed E-state index contributed by atoms with van der Waals surface area (Å²) in [5.74, 6) is 1.14. The molecule has 0 aliphatic carbocycles. The molecule has 0 radical (unpaired) electrons. The molecule has 2 aromatic rings. The summed E-state index contributed by atoms with van der Waals surface area (Å²) in [4.78, 5) is 9.70. The van der Waals surface area contributed by atoms with E-state index in [0.29, 0.717) is 30.9 Å². The Morgan fingerprint density at radius 2 is 1.97 bits per heavy atom. The fraction of sp³-hybridized carbons (Fsp3) is 0.208. The number of nitrogens with zero attached hydrogens (tertiary/aromatic N) is 2. The Hall–Kier alpha value is -3.01. The van der Waals surface area contributed by atoms with Crippen molar-refractivity contribution in [2.45, 2.75) is 12.8 Å². The number of allylic oxidation sites excluding steroid dienone is 1. The fourth-order valence-electron chi connectivity index (χ4n) is 3.42. The second-order valence-electron chi connectivity index (χ2n) is 7.30. The van der Waals surface area contributed by atoms with Crippen LogP contribution in [0.1, 0.15) is 12.8 Å². The van der Waals surface area contributed by atoms with E-state index in [9.17, 15) is 4.39 Å². The van der Waals surface area contributed by atoms with E-state index < -0.39 is 0 Å². The van der Waals surface area contributed by atoms with Crippen LogP contribution >= 0.6 is 0 Å². The van der Waals surface area contributed by atoms with Crippen LogP contribution in [0, 0.1) is 17.1 Å². The van der Waals surface area contributed by atoms with Crippen molar-refractivity contribution < 1.29 is 30.3 Å². The van der Waals surface area contributed by atoms with Gasteiger partial charge in [-0.05, 0) is 0 Å². The van der Waals surface area contributed by atoms with Crippen molar-refractivity contribution in [3.8, 4) is 5.75 Å². The number of hydrogen-bond acceptors (Lipinski definition) is 6. The number of rotatable bonds is 7. The molecule has 0 amide bonds. The van der Waals surface area contributed by atoms with Crippen molar-refractivity contribution in [2.24, 2.45) is 15.9 Å². The molecule has 8 heteroatoms. The first kappa shape index (κ1) is 22.2. The standard InChI is InChI=1S/C24H24FIN5O/c1-32-19-8-6-17(7-9-19)28-15-18-13-26-14-23-22(29-18)12-16(10-11-27)24(31-23)30-21-5-3-2-4-20(21)25/h2-9,11,13-14,16,27-28H,10,12,15H2,1H3,(H,30,31)/q-1. The van der Waals surface area contributed by atoms with Gasteiger partial charge >= 0.3 is 198 Å². The predicted molar refractivity (Wildman–Crippen MR) is 124 cm³/mol. The third-order valence-corrected chi connectivity index (χ3v) is 7.13.